The molecule has 0 unspecified atom stereocenters. The lowest BCUT2D eigenvalue weighted by Gasteiger charge is -2.19. The third-order valence-corrected chi connectivity index (χ3v) is 3.03. The van der Waals surface area contributed by atoms with Gasteiger partial charge in [-0.15, -0.1) is 0 Å². The van der Waals surface area contributed by atoms with Crippen molar-refractivity contribution in [2.45, 2.75) is 0 Å². The number of hydrogen-bond donors (Lipinski definition) is 0. The average Bonchev–Trinajstić information content (AvgIpc) is 2.58. The van der Waals surface area contributed by atoms with Crippen LogP contribution in [0.2, 0.25) is 0 Å². The van der Waals surface area contributed by atoms with Crippen molar-refractivity contribution in [1.82, 2.24) is 4.98 Å². The number of aromatic nitrogens is 1. The van der Waals surface area contributed by atoms with Crippen LogP contribution in [0.15, 0.2) is 90.3 Å². The number of para-hydroxylation sites is 2. The largest absolute Gasteiger partial charge is 0.265 e. The molecule has 0 spiro atoms. The summed E-state index contributed by atoms with van der Waals surface area (Å²) >= 11 is 0. The van der Waals surface area contributed by atoms with Crippen molar-refractivity contribution in [2.75, 3.05) is 5.01 Å². The van der Waals surface area contributed by atoms with E-state index in [1.807, 2.05) is 84.0 Å². The maximum atomic E-state index is 4.62. The van der Waals surface area contributed by atoms with Crippen LogP contribution in [0.1, 0.15) is 5.56 Å². The molecule has 3 rings (SSSR count). The number of hydrazone groups is 1. The molecule has 0 fully saturated rings. The molecule has 1 aromatic heterocycles. The van der Waals surface area contributed by atoms with E-state index in [0.717, 1.165) is 16.9 Å². The molecule has 0 bridgehead atoms. The summed E-state index contributed by atoms with van der Waals surface area (Å²) in [7, 11) is 0. The normalized spacial score (nSPS) is 10.7. The zero-order valence-corrected chi connectivity index (χ0v) is 11.5. The van der Waals surface area contributed by atoms with Gasteiger partial charge in [0.05, 0.1) is 17.6 Å². The fraction of sp³-hybridized carbons (Fsp3) is 0. The maximum absolute atomic E-state index is 4.62. The monoisotopic (exact) mass is 273 g/mol. The minimum atomic E-state index is 1.02. The lowest BCUT2D eigenvalue weighted by atomic mass is 10.2. The fourth-order valence-corrected chi connectivity index (χ4v) is 1.99. The zero-order valence-electron chi connectivity index (χ0n) is 11.5. The SMILES string of the molecule is C(=NN(c1ccccc1)c1ccccc1)c1ccncc1. The first-order chi connectivity index (χ1) is 10.4. The Morgan fingerprint density at radius 3 is 1.76 bits per heavy atom. The predicted octanol–water partition coefficient (Wildman–Crippen LogP) is 4.25. The Kier molecular flexibility index (Phi) is 4.03. The quantitative estimate of drug-likeness (QED) is 0.525. The van der Waals surface area contributed by atoms with Crippen molar-refractivity contribution in [2.24, 2.45) is 5.10 Å². The Bertz CT molecular complexity index is 655. The van der Waals surface area contributed by atoms with Gasteiger partial charge in [0.2, 0.25) is 0 Å². The summed E-state index contributed by atoms with van der Waals surface area (Å²) in [6, 6.07) is 24.0. The van der Waals surface area contributed by atoms with Gasteiger partial charge in [-0.25, -0.2) is 5.01 Å². The highest BCUT2D eigenvalue weighted by atomic mass is 15.5. The van der Waals surface area contributed by atoms with Gasteiger partial charge in [0.15, 0.2) is 0 Å². The number of rotatable bonds is 4. The molecule has 0 aliphatic carbocycles. The molecule has 0 aliphatic rings. The van der Waals surface area contributed by atoms with Crippen molar-refractivity contribution in [1.29, 1.82) is 0 Å². The van der Waals surface area contributed by atoms with Crippen molar-refractivity contribution in [3.05, 3.63) is 90.8 Å². The van der Waals surface area contributed by atoms with Crippen molar-refractivity contribution >= 4 is 17.6 Å². The summed E-state index contributed by atoms with van der Waals surface area (Å²) in [6.45, 7) is 0. The lowest BCUT2D eigenvalue weighted by molar-refractivity contribution is 1.09. The van der Waals surface area contributed by atoms with E-state index in [4.69, 9.17) is 0 Å². The third-order valence-electron chi connectivity index (χ3n) is 3.03. The molecule has 0 N–H and O–H groups in total. The number of pyridine rings is 1. The van der Waals surface area contributed by atoms with Gasteiger partial charge >= 0.3 is 0 Å². The molecule has 0 aliphatic heterocycles. The Morgan fingerprint density at radius 1 is 0.714 bits per heavy atom. The highest BCUT2D eigenvalue weighted by Crippen LogP contribution is 2.24. The predicted molar refractivity (Wildman–Crippen MR) is 86.9 cm³/mol. The van der Waals surface area contributed by atoms with Gasteiger partial charge in [0, 0.05) is 12.4 Å². The number of nitrogens with zero attached hydrogens (tertiary/aromatic N) is 3. The van der Waals surface area contributed by atoms with E-state index in [1.54, 1.807) is 12.4 Å². The van der Waals surface area contributed by atoms with E-state index in [-0.39, 0.29) is 0 Å². The van der Waals surface area contributed by atoms with Crippen LogP contribution in [0, 0.1) is 0 Å². The summed E-state index contributed by atoms with van der Waals surface area (Å²) < 4.78 is 0. The van der Waals surface area contributed by atoms with Crippen LogP contribution in [0.25, 0.3) is 0 Å². The van der Waals surface area contributed by atoms with Crippen molar-refractivity contribution in [3.63, 3.8) is 0 Å². The van der Waals surface area contributed by atoms with Gasteiger partial charge in [-0.05, 0) is 42.0 Å². The highest BCUT2D eigenvalue weighted by Gasteiger charge is 2.06. The van der Waals surface area contributed by atoms with Crippen molar-refractivity contribution < 1.29 is 0 Å². The van der Waals surface area contributed by atoms with E-state index in [0.29, 0.717) is 0 Å². The van der Waals surface area contributed by atoms with Crippen LogP contribution in [0.5, 0.6) is 0 Å². The summed E-state index contributed by atoms with van der Waals surface area (Å²) in [5.74, 6) is 0. The molecule has 0 saturated heterocycles. The molecule has 0 atom stereocenters. The molecule has 0 radical (unpaired) electrons. The van der Waals surface area contributed by atoms with Crippen LogP contribution in [-0.4, -0.2) is 11.2 Å². The minimum Gasteiger partial charge on any atom is -0.265 e. The number of anilines is 2. The molecule has 2 aromatic carbocycles. The number of hydrogen-bond acceptors (Lipinski definition) is 3. The minimum absolute atomic E-state index is 1.02. The van der Waals surface area contributed by atoms with Gasteiger partial charge in [-0.3, -0.25) is 4.98 Å². The van der Waals surface area contributed by atoms with E-state index < -0.39 is 0 Å². The first kappa shape index (κ1) is 13.1. The molecule has 21 heavy (non-hydrogen) atoms. The van der Waals surface area contributed by atoms with Crippen LogP contribution in [0.3, 0.4) is 0 Å². The summed E-state index contributed by atoms with van der Waals surface area (Å²) in [6.07, 6.45) is 5.36. The van der Waals surface area contributed by atoms with Crippen LogP contribution < -0.4 is 5.01 Å². The Morgan fingerprint density at radius 2 is 1.24 bits per heavy atom. The van der Waals surface area contributed by atoms with Gasteiger partial charge < -0.3 is 0 Å². The average molecular weight is 273 g/mol. The smallest absolute Gasteiger partial charge is 0.0652 e. The zero-order chi connectivity index (χ0) is 14.3. The van der Waals surface area contributed by atoms with E-state index in [2.05, 4.69) is 10.1 Å². The first-order valence-electron chi connectivity index (χ1n) is 6.78. The molecular formula is C18H15N3. The van der Waals surface area contributed by atoms with Crippen LogP contribution in [-0.2, 0) is 0 Å². The molecule has 0 saturated carbocycles. The molecule has 3 aromatic rings. The lowest BCUT2D eigenvalue weighted by Crippen LogP contribution is -2.09. The number of benzene rings is 2. The van der Waals surface area contributed by atoms with E-state index in [9.17, 15) is 0 Å². The summed E-state index contributed by atoms with van der Waals surface area (Å²) in [5.41, 5.74) is 3.06. The Hall–Kier alpha value is -2.94. The summed E-state index contributed by atoms with van der Waals surface area (Å²) in [4.78, 5) is 4.01. The van der Waals surface area contributed by atoms with Crippen molar-refractivity contribution in [3.8, 4) is 0 Å². The Balaban J connectivity index is 1.96. The van der Waals surface area contributed by atoms with E-state index >= 15 is 0 Å². The Labute approximate surface area is 124 Å². The molecule has 0 amide bonds. The van der Waals surface area contributed by atoms with Gasteiger partial charge in [-0.1, -0.05) is 36.4 Å². The second-order valence-corrected chi connectivity index (χ2v) is 4.51. The van der Waals surface area contributed by atoms with Gasteiger partial charge in [0.1, 0.15) is 0 Å². The third kappa shape index (κ3) is 3.34. The second kappa shape index (κ2) is 6.48. The molecule has 3 heteroatoms. The topological polar surface area (TPSA) is 28.5 Å². The molecule has 3 nitrogen and oxygen atoms in total. The fourth-order valence-electron chi connectivity index (χ4n) is 1.99. The van der Waals surface area contributed by atoms with E-state index in [1.165, 1.54) is 0 Å². The molecular weight excluding hydrogens is 258 g/mol. The second-order valence-electron chi connectivity index (χ2n) is 4.51. The molecule has 102 valence electrons. The highest BCUT2D eigenvalue weighted by molar-refractivity contribution is 5.81. The molecule has 1 heterocycles. The first-order valence-corrected chi connectivity index (χ1v) is 6.78. The van der Waals surface area contributed by atoms with Crippen LogP contribution >= 0.6 is 0 Å². The van der Waals surface area contributed by atoms with Gasteiger partial charge in [-0.2, -0.15) is 5.10 Å². The van der Waals surface area contributed by atoms with Gasteiger partial charge in [0.25, 0.3) is 0 Å². The summed E-state index contributed by atoms with van der Waals surface area (Å²) in [5, 5.41) is 6.53. The standard InChI is InChI=1S/C18H15N3/c1-3-7-17(8-4-1)21(18-9-5-2-6-10-18)20-15-16-11-13-19-14-12-16/h1-15H. The van der Waals surface area contributed by atoms with Crippen LogP contribution in [0.4, 0.5) is 11.4 Å². The maximum Gasteiger partial charge on any atom is 0.0652 e.